The lowest BCUT2D eigenvalue weighted by atomic mass is 10.0. The Hall–Kier alpha value is -1.31. The van der Waals surface area contributed by atoms with E-state index in [0.29, 0.717) is 0 Å². The van der Waals surface area contributed by atoms with Crippen LogP contribution in [0.3, 0.4) is 0 Å². The molecule has 1 aliphatic carbocycles. The molecule has 0 atom stereocenters. The van der Waals surface area contributed by atoms with Crippen molar-refractivity contribution >= 4 is 5.71 Å². The van der Waals surface area contributed by atoms with E-state index in [-0.39, 0.29) is 0 Å². The highest BCUT2D eigenvalue weighted by Gasteiger charge is 2.05. The molecule has 0 N–H and O–H groups in total. The minimum Gasteiger partial charge on any atom is -0.399 e. The van der Waals surface area contributed by atoms with Gasteiger partial charge >= 0.3 is 0 Å². The Morgan fingerprint density at radius 1 is 1.42 bits per heavy atom. The molecular weight excluding hydrogens is 150 g/mol. The van der Waals surface area contributed by atoms with E-state index in [2.05, 4.69) is 18.2 Å². The summed E-state index contributed by atoms with van der Waals surface area (Å²) < 4.78 is 0. The van der Waals surface area contributed by atoms with E-state index >= 15 is 0 Å². The summed E-state index contributed by atoms with van der Waals surface area (Å²) >= 11 is 0. The molecule has 0 fully saturated rings. The van der Waals surface area contributed by atoms with Crippen LogP contribution in [0.5, 0.6) is 0 Å². The largest absolute Gasteiger partial charge is 0.399 e. The van der Waals surface area contributed by atoms with Gasteiger partial charge in [-0.15, -0.1) is 0 Å². The second-order valence-electron chi connectivity index (χ2n) is 2.62. The summed E-state index contributed by atoms with van der Waals surface area (Å²) in [4.78, 5) is 4.72. The monoisotopic (exact) mass is 163 g/mol. The van der Waals surface area contributed by atoms with Crippen LogP contribution in [0.25, 0.3) is 0 Å². The van der Waals surface area contributed by atoms with Crippen LogP contribution in [0.1, 0.15) is 13.8 Å². The van der Waals surface area contributed by atoms with Crippen LogP contribution in [0.15, 0.2) is 40.6 Å². The molecule has 0 aromatic heterocycles. The Balaban J connectivity index is 2.96. The van der Waals surface area contributed by atoms with Gasteiger partial charge in [-0.2, -0.15) is 0 Å². The first kappa shape index (κ1) is 8.78. The van der Waals surface area contributed by atoms with Crippen LogP contribution in [0.2, 0.25) is 0 Å². The van der Waals surface area contributed by atoms with Gasteiger partial charge in [-0.25, -0.2) is 0 Å². The van der Waals surface area contributed by atoms with Gasteiger partial charge in [0.25, 0.3) is 0 Å². The highest BCUT2D eigenvalue weighted by atomic mass is 16.6. The molecule has 12 heavy (non-hydrogen) atoms. The first-order chi connectivity index (χ1) is 5.77. The van der Waals surface area contributed by atoms with Gasteiger partial charge in [0, 0.05) is 0 Å². The predicted molar refractivity (Wildman–Crippen MR) is 51.1 cm³/mol. The summed E-state index contributed by atoms with van der Waals surface area (Å²) in [6.07, 6.45) is 8.07. The fourth-order valence-electron chi connectivity index (χ4n) is 1.09. The van der Waals surface area contributed by atoms with Gasteiger partial charge in [0.15, 0.2) is 0 Å². The Labute approximate surface area is 72.9 Å². The van der Waals surface area contributed by atoms with Crippen LogP contribution in [-0.2, 0) is 4.84 Å². The third-order valence-electron chi connectivity index (χ3n) is 1.68. The lowest BCUT2D eigenvalue weighted by molar-refractivity contribution is 0.214. The second kappa shape index (κ2) is 3.90. The third kappa shape index (κ3) is 1.84. The number of hydrogen-bond donors (Lipinski definition) is 0. The number of oxime groups is 1. The second-order valence-corrected chi connectivity index (χ2v) is 2.62. The Bertz CT molecular complexity index is 282. The molecule has 64 valence electrons. The van der Waals surface area contributed by atoms with Crippen molar-refractivity contribution in [2.45, 2.75) is 13.8 Å². The van der Waals surface area contributed by atoms with Crippen LogP contribution >= 0.6 is 0 Å². The van der Waals surface area contributed by atoms with Gasteiger partial charge in [-0.05, 0) is 25.5 Å². The van der Waals surface area contributed by atoms with Crippen molar-refractivity contribution in [3.05, 3.63) is 35.5 Å². The summed E-state index contributed by atoms with van der Waals surface area (Å²) in [5.74, 6) is 0. The lowest BCUT2D eigenvalue weighted by Crippen LogP contribution is -2.01. The Morgan fingerprint density at radius 3 is 2.75 bits per heavy atom. The maximum atomic E-state index is 4.72. The van der Waals surface area contributed by atoms with E-state index in [1.54, 1.807) is 7.11 Å². The molecule has 0 spiro atoms. The van der Waals surface area contributed by atoms with Crippen molar-refractivity contribution < 1.29 is 4.84 Å². The average Bonchev–Trinajstić information content (AvgIpc) is 2.08. The smallest absolute Gasteiger partial charge is 0.109 e. The van der Waals surface area contributed by atoms with E-state index in [0.717, 1.165) is 11.3 Å². The van der Waals surface area contributed by atoms with E-state index in [1.807, 2.05) is 25.2 Å². The fourth-order valence-corrected chi connectivity index (χ4v) is 1.09. The number of allylic oxidation sites excluding steroid dienone is 6. The zero-order valence-electron chi connectivity index (χ0n) is 7.66. The van der Waals surface area contributed by atoms with Gasteiger partial charge in [0.1, 0.15) is 12.8 Å². The Kier molecular flexibility index (Phi) is 2.86. The van der Waals surface area contributed by atoms with E-state index in [9.17, 15) is 0 Å². The van der Waals surface area contributed by atoms with Crippen LogP contribution in [-0.4, -0.2) is 12.8 Å². The van der Waals surface area contributed by atoms with Crippen molar-refractivity contribution in [3.8, 4) is 0 Å². The summed E-state index contributed by atoms with van der Waals surface area (Å²) in [6, 6.07) is 0. The highest BCUT2D eigenvalue weighted by molar-refractivity contribution is 6.11. The molecular formula is C10H13NO. The lowest BCUT2D eigenvalue weighted by Gasteiger charge is -2.07. The predicted octanol–water partition coefficient (Wildman–Crippen LogP) is 2.45. The summed E-state index contributed by atoms with van der Waals surface area (Å²) in [5.41, 5.74) is 3.22. The maximum absolute atomic E-state index is 4.72. The van der Waals surface area contributed by atoms with Crippen LogP contribution in [0, 0.1) is 0 Å². The standard InChI is InChI=1S/C10H13NO/c1-4-9-7-8(2)5-6-10(9)11-12-3/h4-7H,1-3H3/b9-4?,11-10-. The number of nitrogens with zero attached hydrogens (tertiary/aromatic N) is 1. The summed E-state index contributed by atoms with van der Waals surface area (Å²) in [7, 11) is 1.55. The molecule has 2 nitrogen and oxygen atoms in total. The highest BCUT2D eigenvalue weighted by Crippen LogP contribution is 2.13. The van der Waals surface area contributed by atoms with Gasteiger partial charge < -0.3 is 4.84 Å². The SMILES string of the molecule is CC=C1C=C(C)C=C/C1=N/OC. The minimum absolute atomic E-state index is 0.880. The van der Waals surface area contributed by atoms with Crippen molar-refractivity contribution in [2.24, 2.45) is 5.16 Å². The molecule has 0 bridgehead atoms. The molecule has 1 rings (SSSR count). The average molecular weight is 163 g/mol. The molecule has 0 saturated heterocycles. The first-order valence-electron chi connectivity index (χ1n) is 3.92. The zero-order chi connectivity index (χ0) is 8.97. The van der Waals surface area contributed by atoms with Crippen LogP contribution in [0.4, 0.5) is 0 Å². The van der Waals surface area contributed by atoms with Crippen molar-refractivity contribution in [2.75, 3.05) is 7.11 Å². The van der Waals surface area contributed by atoms with Crippen molar-refractivity contribution in [1.82, 2.24) is 0 Å². The van der Waals surface area contributed by atoms with E-state index < -0.39 is 0 Å². The van der Waals surface area contributed by atoms with Gasteiger partial charge in [-0.1, -0.05) is 29.0 Å². The van der Waals surface area contributed by atoms with Gasteiger partial charge in [-0.3, -0.25) is 0 Å². The summed E-state index contributed by atoms with van der Waals surface area (Å²) in [5, 5.41) is 3.89. The van der Waals surface area contributed by atoms with Gasteiger partial charge in [0.2, 0.25) is 0 Å². The molecule has 2 heteroatoms. The van der Waals surface area contributed by atoms with Crippen molar-refractivity contribution in [1.29, 1.82) is 0 Å². The molecule has 0 aromatic rings. The number of hydrogen-bond acceptors (Lipinski definition) is 2. The molecule has 1 aliphatic rings. The molecule has 0 aliphatic heterocycles. The van der Waals surface area contributed by atoms with Crippen LogP contribution < -0.4 is 0 Å². The molecule has 0 unspecified atom stereocenters. The quantitative estimate of drug-likeness (QED) is 0.544. The minimum atomic E-state index is 0.880. The van der Waals surface area contributed by atoms with Gasteiger partial charge in [0.05, 0.1) is 0 Å². The molecule has 0 aromatic carbocycles. The molecule has 0 saturated carbocycles. The number of rotatable bonds is 1. The van der Waals surface area contributed by atoms with E-state index in [4.69, 9.17) is 4.84 Å². The zero-order valence-corrected chi connectivity index (χ0v) is 7.66. The third-order valence-corrected chi connectivity index (χ3v) is 1.68. The Morgan fingerprint density at radius 2 is 2.17 bits per heavy atom. The topological polar surface area (TPSA) is 21.6 Å². The van der Waals surface area contributed by atoms with Crippen molar-refractivity contribution in [3.63, 3.8) is 0 Å². The normalized spacial score (nSPS) is 23.1. The molecule has 0 heterocycles. The summed E-state index contributed by atoms with van der Waals surface area (Å²) in [6.45, 7) is 4.05. The molecule has 0 radical (unpaired) electrons. The maximum Gasteiger partial charge on any atom is 0.109 e. The van der Waals surface area contributed by atoms with E-state index in [1.165, 1.54) is 5.57 Å². The molecule has 0 amide bonds. The fraction of sp³-hybridized carbons (Fsp3) is 0.300. The first-order valence-corrected chi connectivity index (χ1v) is 3.92.